The number of hydrogen-bond donors (Lipinski definition) is 2. The van der Waals surface area contributed by atoms with Crippen LogP contribution in [-0.4, -0.2) is 56.8 Å². The lowest BCUT2D eigenvalue weighted by molar-refractivity contribution is 0.255. The van der Waals surface area contributed by atoms with Crippen molar-refractivity contribution in [2.45, 2.75) is 37.5 Å². The van der Waals surface area contributed by atoms with E-state index >= 15 is 4.39 Å². The fourth-order valence-corrected chi connectivity index (χ4v) is 5.61. The average Bonchev–Trinajstić information content (AvgIpc) is 2.88. The Morgan fingerprint density at radius 2 is 2.03 bits per heavy atom. The molecule has 2 N–H and O–H groups in total. The van der Waals surface area contributed by atoms with Gasteiger partial charge in [0.15, 0.2) is 5.82 Å². The summed E-state index contributed by atoms with van der Waals surface area (Å²) in [5, 5.41) is 21.3. The van der Waals surface area contributed by atoms with E-state index in [1.54, 1.807) is 6.07 Å². The van der Waals surface area contributed by atoms with Crippen molar-refractivity contribution in [3.63, 3.8) is 0 Å². The lowest BCUT2D eigenvalue weighted by atomic mass is 9.93. The van der Waals surface area contributed by atoms with Crippen LogP contribution in [0.2, 0.25) is 0 Å². The van der Waals surface area contributed by atoms with Crippen molar-refractivity contribution in [3.05, 3.63) is 47.7 Å². The second-order valence-electron chi connectivity index (χ2n) is 9.34. The second-order valence-corrected chi connectivity index (χ2v) is 10.1. The van der Waals surface area contributed by atoms with Crippen LogP contribution in [0.3, 0.4) is 0 Å². The van der Waals surface area contributed by atoms with Gasteiger partial charge in [-0.3, -0.25) is 4.98 Å². The molecule has 194 valence electrons. The highest BCUT2D eigenvalue weighted by Crippen LogP contribution is 2.40. The fourth-order valence-electron chi connectivity index (χ4n) is 5.25. The minimum atomic E-state index is -0.734. The highest BCUT2D eigenvalue weighted by molar-refractivity contribution is 6.24. The van der Waals surface area contributed by atoms with Crippen molar-refractivity contribution in [2.75, 3.05) is 31.7 Å². The number of nitrogens with zero attached hydrogens (tertiary/aromatic N) is 4. The van der Waals surface area contributed by atoms with E-state index in [-0.39, 0.29) is 35.1 Å². The van der Waals surface area contributed by atoms with Crippen LogP contribution < -0.4 is 9.64 Å². The van der Waals surface area contributed by atoms with E-state index in [9.17, 15) is 14.6 Å². The van der Waals surface area contributed by atoms with Crippen LogP contribution in [0.1, 0.15) is 31.7 Å². The molecule has 0 saturated carbocycles. The predicted octanol–water partition coefficient (Wildman–Crippen LogP) is 5.36. The van der Waals surface area contributed by atoms with E-state index in [0.717, 1.165) is 12.8 Å². The molecule has 0 bridgehead atoms. The summed E-state index contributed by atoms with van der Waals surface area (Å²) in [6, 6.07) is 5.77. The number of phenolic OH excluding ortho intramolecular Hbond substituents is 1. The smallest absolute Gasteiger partial charge is 0.318 e. The number of alkyl halides is 1. The van der Waals surface area contributed by atoms with Crippen molar-refractivity contribution in [1.82, 2.24) is 15.0 Å². The van der Waals surface area contributed by atoms with Crippen LogP contribution in [0.4, 0.5) is 14.6 Å². The van der Waals surface area contributed by atoms with Crippen molar-refractivity contribution in [2.24, 2.45) is 0 Å². The largest absolute Gasteiger partial charge is 0.508 e. The van der Waals surface area contributed by atoms with Crippen molar-refractivity contribution in [3.8, 4) is 23.0 Å². The van der Waals surface area contributed by atoms with Crippen molar-refractivity contribution < 1.29 is 23.7 Å². The Morgan fingerprint density at radius 1 is 1.22 bits per heavy atom. The minimum Gasteiger partial charge on any atom is -0.508 e. The summed E-state index contributed by atoms with van der Waals surface area (Å²) < 4.78 is 36.2. The zero-order valence-electron chi connectivity index (χ0n) is 20.6. The highest BCUT2D eigenvalue weighted by Gasteiger charge is 2.35. The van der Waals surface area contributed by atoms with Gasteiger partial charge in [-0.15, -0.1) is 11.6 Å². The number of aromatic hydroxyl groups is 1. The van der Waals surface area contributed by atoms with Gasteiger partial charge < -0.3 is 19.8 Å². The lowest BCUT2D eigenvalue weighted by Crippen LogP contribution is -2.45. The zero-order valence-corrected chi connectivity index (χ0v) is 21.3. The molecule has 5 rings (SSSR count). The molecule has 7 nitrogen and oxygen atoms in total. The maximum atomic E-state index is 16.2. The van der Waals surface area contributed by atoms with Gasteiger partial charge in [0.1, 0.15) is 28.6 Å². The third kappa shape index (κ3) is 4.51. The molecule has 1 atom stereocenters. The number of methoxy groups -OCH3 is 1. The first kappa shape index (κ1) is 25.4. The van der Waals surface area contributed by atoms with E-state index in [1.807, 2.05) is 11.8 Å². The van der Waals surface area contributed by atoms with E-state index in [4.69, 9.17) is 16.3 Å². The van der Waals surface area contributed by atoms with Crippen LogP contribution >= 0.6 is 11.6 Å². The summed E-state index contributed by atoms with van der Waals surface area (Å²) >= 11 is 6.77. The molecular weight excluding hydrogens is 502 g/mol. The van der Waals surface area contributed by atoms with E-state index in [2.05, 4.69) is 15.0 Å². The molecule has 2 aromatic heterocycles. The molecule has 1 saturated heterocycles. The number of fused-ring (bicyclic) bond motifs is 2. The number of aryl methyl sites for hydroxylation is 1. The quantitative estimate of drug-likeness (QED) is 0.325. The molecule has 4 aromatic rings. The topological polar surface area (TPSA) is 91.6 Å². The molecule has 1 fully saturated rings. The minimum absolute atomic E-state index is 0.00861. The fraction of sp³-hybridized carbons (Fsp3) is 0.370. The third-order valence-electron chi connectivity index (χ3n) is 6.97. The molecule has 0 aliphatic carbocycles. The van der Waals surface area contributed by atoms with Gasteiger partial charge in [-0.05, 0) is 60.2 Å². The number of ether oxygens (including phenoxy) is 1. The van der Waals surface area contributed by atoms with Crippen LogP contribution in [0, 0.1) is 11.6 Å². The molecule has 37 heavy (non-hydrogen) atoms. The van der Waals surface area contributed by atoms with Gasteiger partial charge in [0, 0.05) is 31.5 Å². The summed E-state index contributed by atoms with van der Waals surface area (Å²) in [4.78, 5) is 14.5. The second kappa shape index (κ2) is 9.87. The first-order chi connectivity index (χ1) is 17.8. The number of pyridine rings is 1. The first-order valence-corrected chi connectivity index (χ1v) is 12.6. The summed E-state index contributed by atoms with van der Waals surface area (Å²) in [6.07, 6.45) is 3.79. The van der Waals surface area contributed by atoms with Gasteiger partial charge in [0.05, 0.1) is 17.4 Å². The Hall–Kier alpha value is -3.30. The van der Waals surface area contributed by atoms with Gasteiger partial charge in [0.25, 0.3) is 0 Å². The van der Waals surface area contributed by atoms with Gasteiger partial charge in [-0.1, -0.05) is 13.0 Å². The normalized spacial score (nSPS) is 18.1. The number of aliphatic hydroxyl groups is 1. The Balaban J connectivity index is 1.73. The lowest BCUT2D eigenvalue weighted by Gasteiger charge is -2.39. The summed E-state index contributed by atoms with van der Waals surface area (Å²) in [6.45, 7) is 2.82. The van der Waals surface area contributed by atoms with E-state index in [1.165, 1.54) is 31.5 Å². The Bertz CT molecular complexity index is 1500. The molecule has 3 heterocycles. The van der Waals surface area contributed by atoms with Gasteiger partial charge in [-0.25, -0.2) is 8.78 Å². The molecule has 1 aliphatic rings. The molecule has 2 aromatic carbocycles. The van der Waals surface area contributed by atoms with Crippen LogP contribution in [0.25, 0.3) is 32.9 Å². The zero-order chi connectivity index (χ0) is 26.3. The van der Waals surface area contributed by atoms with Crippen LogP contribution in [0.15, 0.2) is 30.5 Å². The van der Waals surface area contributed by atoms with E-state index in [0.29, 0.717) is 53.5 Å². The maximum Gasteiger partial charge on any atom is 0.318 e. The van der Waals surface area contributed by atoms with Gasteiger partial charge in [-0.2, -0.15) is 9.97 Å². The van der Waals surface area contributed by atoms with Crippen LogP contribution in [0.5, 0.6) is 11.8 Å². The Kier molecular flexibility index (Phi) is 6.76. The maximum absolute atomic E-state index is 16.2. The number of halogens is 3. The highest BCUT2D eigenvalue weighted by atomic mass is 35.5. The average molecular weight is 529 g/mol. The molecule has 0 amide bonds. The standard InChI is InChI=1S/C27H27ClF2N4O3/c1-3-17-20(29)6-5-15-11-16(36)12-18(21(15)17)23-22(30)24-19(13-31-23)25(33-26(32-24)37-2)34-9-4-7-27(28,14-34)8-10-35/h5-6,11-13,35-36H,3-4,7-10,14H2,1-2H3. The summed E-state index contributed by atoms with van der Waals surface area (Å²) in [7, 11) is 1.40. The number of benzene rings is 2. The Labute approximate surface area is 217 Å². The Morgan fingerprint density at radius 3 is 2.76 bits per heavy atom. The summed E-state index contributed by atoms with van der Waals surface area (Å²) in [5.41, 5.74) is 0.604. The number of hydrogen-bond acceptors (Lipinski definition) is 7. The molecule has 0 radical (unpaired) electrons. The number of phenols is 1. The number of aliphatic hydroxyl groups excluding tert-OH is 1. The predicted molar refractivity (Wildman–Crippen MR) is 140 cm³/mol. The van der Waals surface area contributed by atoms with Gasteiger partial charge >= 0.3 is 6.01 Å². The summed E-state index contributed by atoms with van der Waals surface area (Å²) in [5.74, 6) is -0.799. The number of aromatic nitrogens is 3. The van der Waals surface area contributed by atoms with Crippen molar-refractivity contribution in [1.29, 1.82) is 0 Å². The number of anilines is 1. The monoisotopic (exact) mass is 528 g/mol. The molecular formula is C27H27ClF2N4O3. The molecule has 1 aliphatic heterocycles. The molecule has 1 unspecified atom stereocenters. The molecule has 10 heteroatoms. The van der Waals surface area contributed by atoms with Crippen molar-refractivity contribution >= 4 is 39.1 Å². The van der Waals surface area contributed by atoms with Crippen LogP contribution in [-0.2, 0) is 6.42 Å². The first-order valence-electron chi connectivity index (χ1n) is 12.2. The number of piperidine rings is 1. The van der Waals surface area contributed by atoms with Gasteiger partial charge in [0.2, 0.25) is 0 Å². The van der Waals surface area contributed by atoms with E-state index < -0.39 is 16.5 Å². The molecule has 0 spiro atoms. The third-order valence-corrected chi connectivity index (χ3v) is 7.47. The SMILES string of the molecule is CCc1c(F)ccc2cc(O)cc(-c3ncc4c(N5CCCC(Cl)(CCO)C5)nc(OC)nc4c3F)c12. The number of rotatable bonds is 6.